The van der Waals surface area contributed by atoms with E-state index in [4.69, 9.17) is 4.74 Å². The van der Waals surface area contributed by atoms with E-state index in [1.165, 1.54) is 7.11 Å². The predicted octanol–water partition coefficient (Wildman–Crippen LogP) is 4.52. The number of ether oxygens (including phenoxy) is 1. The van der Waals surface area contributed by atoms with Gasteiger partial charge in [0.05, 0.1) is 7.11 Å². The number of alkyl halides is 2. The van der Waals surface area contributed by atoms with Gasteiger partial charge in [0.15, 0.2) is 0 Å². The van der Waals surface area contributed by atoms with E-state index in [0.29, 0.717) is 12.3 Å². The molecule has 0 bridgehead atoms. The van der Waals surface area contributed by atoms with E-state index in [-0.39, 0.29) is 17.6 Å². The summed E-state index contributed by atoms with van der Waals surface area (Å²) in [6, 6.07) is 0. The first kappa shape index (κ1) is 18.7. The molecule has 0 rings (SSSR count). The number of esters is 1. The van der Waals surface area contributed by atoms with Gasteiger partial charge >= 0.3 is 5.97 Å². The van der Waals surface area contributed by atoms with Crippen molar-refractivity contribution >= 4 is 17.7 Å². The van der Waals surface area contributed by atoms with Crippen LogP contribution in [0.4, 0.5) is 8.78 Å². The van der Waals surface area contributed by atoms with Crippen molar-refractivity contribution in [3.05, 3.63) is 0 Å². The van der Waals surface area contributed by atoms with Gasteiger partial charge in [0.2, 0.25) is 5.92 Å². The number of rotatable bonds is 10. The minimum atomic E-state index is -2.56. The lowest BCUT2D eigenvalue weighted by molar-refractivity contribution is -0.140. The first-order valence-electron chi connectivity index (χ1n) is 6.83. The van der Waals surface area contributed by atoms with Crippen molar-refractivity contribution in [1.29, 1.82) is 0 Å². The Morgan fingerprint density at radius 1 is 1.26 bits per heavy atom. The molecule has 114 valence electrons. The van der Waals surface area contributed by atoms with E-state index in [1.807, 2.05) is 0 Å². The summed E-state index contributed by atoms with van der Waals surface area (Å²) in [6.45, 7) is 5.09. The van der Waals surface area contributed by atoms with E-state index in [9.17, 15) is 13.6 Å². The molecule has 0 aliphatic carbocycles. The molecule has 0 heterocycles. The molecular formula is C14H26F2O2S. The largest absolute Gasteiger partial charge is 0.468 e. The monoisotopic (exact) mass is 296 g/mol. The summed E-state index contributed by atoms with van der Waals surface area (Å²) in [6.07, 6.45) is 2.93. The van der Waals surface area contributed by atoms with Gasteiger partial charge < -0.3 is 4.74 Å². The van der Waals surface area contributed by atoms with Gasteiger partial charge in [-0.15, -0.1) is 11.8 Å². The molecule has 0 aliphatic heterocycles. The molecule has 0 aromatic heterocycles. The Morgan fingerprint density at radius 3 is 2.37 bits per heavy atom. The molecule has 19 heavy (non-hydrogen) atoms. The number of halogens is 2. The maximum Gasteiger partial charge on any atom is 0.318 e. The minimum absolute atomic E-state index is 0.0515. The van der Waals surface area contributed by atoms with Crippen LogP contribution in [0.5, 0.6) is 0 Å². The number of hydrogen-bond donors (Lipinski definition) is 0. The molecule has 1 atom stereocenters. The van der Waals surface area contributed by atoms with Crippen molar-refractivity contribution in [3.63, 3.8) is 0 Å². The molecule has 0 spiro atoms. The van der Waals surface area contributed by atoms with E-state index in [0.717, 1.165) is 31.9 Å². The van der Waals surface area contributed by atoms with E-state index in [2.05, 4.69) is 13.8 Å². The van der Waals surface area contributed by atoms with E-state index in [1.54, 1.807) is 11.8 Å². The zero-order valence-electron chi connectivity index (χ0n) is 12.4. The van der Waals surface area contributed by atoms with Gasteiger partial charge in [-0.05, 0) is 37.9 Å². The van der Waals surface area contributed by atoms with Gasteiger partial charge in [-0.25, -0.2) is 8.78 Å². The summed E-state index contributed by atoms with van der Waals surface area (Å²) in [5.74, 6) is -1.48. The number of hydrogen-bond acceptors (Lipinski definition) is 3. The third-order valence-corrected chi connectivity index (χ3v) is 4.04. The lowest BCUT2D eigenvalue weighted by Gasteiger charge is -2.16. The van der Waals surface area contributed by atoms with Crippen LogP contribution in [-0.2, 0) is 9.53 Å². The first-order valence-corrected chi connectivity index (χ1v) is 7.88. The maximum atomic E-state index is 12.6. The highest BCUT2D eigenvalue weighted by Gasteiger charge is 2.21. The Labute approximate surface area is 119 Å². The van der Waals surface area contributed by atoms with Gasteiger partial charge in [-0.2, -0.15) is 0 Å². The fourth-order valence-electron chi connectivity index (χ4n) is 1.73. The third-order valence-electron chi connectivity index (χ3n) is 2.73. The number of methoxy groups -OCH3 is 1. The number of carbonyl (C=O) groups is 1. The lowest BCUT2D eigenvalue weighted by atomic mass is 10.1. The van der Waals surface area contributed by atoms with Crippen molar-refractivity contribution in [2.45, 2.75) is 64.0 Å². The summed E-state index contributed by atoms with van der Waals surface area (Å²) >= 11 is 1.58. The predicted molar refractivity (Wildman–Crippen MR) is 76.8 cm³/mol. The molecule has 0 radical (unpaired) electrons. The van der Waals surface area contributed by atoms with Crippen LogP contribution in [0.25, 0.3) is 0 Å². The van der Waals surface area contributed by atoms with Crippen molar-refractivity contribution in [1.82, 2.24) is 0 Å². The van der Waals surface area contributed by atoms with Gasteiger partial charge in [-0.3, -0.25) is 4.79 Å². The molecule has 0 saturated heterocycles. The van der Waals surface area contributed by atoms with Crippen molar-refractivity contribution in [2.24, 2.45) is 5.92 Å². The SMILES string of the molecule is COC(=O)C(CC(C)C)SCCCCCC(C)(F)F. The molecule has 1 unspecified atom stereocenters. The standard InChI is InChI=1S/C14H26F2O2S/c1-11(2)10-12(13(17)18-4)19-9-7-5-6-8-14(3,15)16/h11-12H,5-10H2,1-4H3. The number of carbonyl (C=O) groups excluding carboxylic acids is 1. The Hall–Kier alpha value is -0.320. The van der Waals surface area contributed by atoms with Crippen LogP contribution in [-0.4, -0.2) is 30.0 Å². The summed E-state index contributed by atoms with van der Waals surface area (Å²) < 4.78 is 30.0. The molecule has 5 heteroatoms. The van der Waals surface area contributed by atoms with Crippen LogP contribution in [0.15, 0.2) is 0 Å². The number of thioether (sulfide) groups is 1. The van der Waals surface area contributed by atoms with E-state index < -0.39 is 5.92 Å². The lowest BCUT2D eigenvalue weighted by Crippen LogP contribution is -2.21. The maximum absolute atomic E-state index is 12.6. The highest BCUT2D eigenvalue weighted by Crippen LogP contribution is 2.24. The quantitative estimate of drug-likeness (QED) is 0.438. The van der Waals surface area contributed by atoms with Crippen LogP contribution in [0.2, 0.25) is 0 Å². The zero-order valence-corrected chi connectivity index (χ0v) is 13.2. The normalized spacial score (nSPS) is 13.6. The fraction of sp³-hybridized carbons (Fsp3) is 0.929. The van der Waals surface area contributed by atoms with Crippen molar-refractivity contribution in [3.8, 4) is 0 Å². The van der Waals surface area contributed by atoms with Crippen LogP contribution in [0, 0.1) is 5.92 Å². The Kier molecular flexibility index (Phi) is 9.40. The fourth-order valence-corrected chi connectivity index (χ4v) is 3.14. The summed E-state index contributed by atoms with van der Waals surface area (Å²) in [7, 11) is 1.40. The minimum Gasteiger partial charge on any atom is -0.468 e. The van der Waals surface area contributed by atoms with Crippen LogP contribution in [0.1, 0.15) is 52.9 Å². The van der Waals surface area contributed by atoms with Gasteiger partial charge in [0, 0.05) is 6.42 Å². The molecule has 2 nitrogen and oxygen atoms in total. The molecule has 0 saturated carbocycles. The van der Waals surface area contributed by atoms with Crippen molar-refractivity contribution < 1.29 is 18.3 Å². The smallest absolute Gasteiger partial charge is 0.318 e. The molecule has 0 amide bonds. The molecule has 0 fully saturated rings. The van der Waals surface area contributed by atoms with E-state index >= 15 is 0 Å². The first-order chi connectivity index (χ1) is 8.76. The van der Waals surface area contributed by atoms with Gasteiger partial charge in [0.25, 0.3) is 0 Å². The second-order valence-corrected chi connectivity index (χ2v) is 6.70. The molecule has 0 aromatic carbocycles. The van der Waals surface area contributed by atoms with Crippen LogP contribution < -0.4 is 0 Å². The molecular weight excluding hydrogens is 270 g/mol. The second kappa shape index (κ2) is 9.56. The topological polar surface area (TPSA) is 26.3 Å². The molecule has 0 aliphatic rings. The molecule has 0 aromatic rings. The average molecular weight is 296 g/mol. The zero-order chi connectivity index (χ0) is 14.9. The number of unbranched alkanes of at least 4 members (excludes halogenated alkanes) is 2. The van der Waals surface area contributed by atoms with Crippen LogP contribution in [0.3, 0.4) is 0 Å². The third kappa shape index (κ3) is 11.2. The highest BCUT2D eigenvalue weighted by atomic mass is 32.2. The Bertz CT molecular complexity index is 252. The Morgan fingerprint density at radius 2 is 1.89 bits per heavy atom. The summed E-state index contributed by atoms with van der Waals surface area (Å²) in [5.41, 5.74) is 0. The summed E-state index contributed by atoms with van der Waals surface area (Å²) in [5, 5.41) is -0.127. The highest BCUT2D eigenvalue weighted by molar-refractivity contribution is 8.00. The summed E-state index contributed by atoms with van der Waals surface area (Å²) in [4.78, 5) is 11.6. The van der Waals surface area contributed by atoms with Gasteiger partial charge in [-0.1, -0.05) is 20.3 Å². The Balaban J connectivity index is 3.78. The van der Waals surface area contributed by atoms with Crippen LogP contribution >= 0.6 is 11.8 Å². The second-order valence-electron chi connectivity index (χ2n) is 5.39. The average Bonchev–Trinajstić information content (AvgIpc) is 2.29. The van der Waals surface area contributed by atoms with Crippen molar-refractivity contribution in [2.75, 3.05) is 12.9 Å². The molecule has 0 N–H and O–H groups in total. The van der Waals surface area contributed by atoms with Gasteiger partial charge in [0.1, 0.15) is 5.25 Å².